The lowest BCUT2D eigenvalue weighted by atomic mass is 10.1. The number of rotatable bonds is 1. The summed E-state index contributed by atoms with van der Waals surface area (Å²) >= 11 is 0. The third-order valence-corrected chi connectivity index (χ3v) is 2.48. The van der Waals surface area contributed by atoms with E-state index in [1.807, 2.05) is 0 Å². The predicted octanol–water partition coefficient (Wildman–Crippen LogP) is 1.96. The fourth-order valence-corrected chi connectivity index (χ4v) is 1.63. The maximum atomic E-state index is 5.62. The molecule has 2 nitrogen and oxygen atoms in total. The molecule has 1 heterocycles. The van der Waals surface area contributed by atoms with Gasteiger partial charge in [-0.15, -0.1) is 0 Å². The molecular weight excluding hydrogens is 162 g/mol. The Balaban J connectivity index is 2.20. The van der Waals surface area contributed by atoms with Crippen LogP contribution in [0.25, 0.3) is 0 Å². The van der Waals surface area contributed by atoms with Crippen LogP contribution in [0.15, 0.2) is 24.3 Å². The highest BCUT2D eigenvalue weighted by atomic mass is 16.5. The van der Waals surface area contributed by atoms with Gasteiger partial charge in [0.15, 0.2) is 0 Å². The largest absolute Gasteiger partial charge is 0.358 e. The highest BCUT2D eigenvalue weighted by Gasteiger charge is 2.22. The van der Waals surface area contributed by atoms with Crippen molar-refractivity contribution in [1.29, 1.82) is 0 Å². The van der Waals surface area contributed by atoms with Crippen LogP contribution in [0.2, 0.25) is 0 Å². The lowest BCUT2D eigenvalue weighted by molar-refractivity contribution is 0.0454. The quantitative estimate of drug-likeness (QED) is 0.650. The molecule has 0 radical (unpaired) electrons. The van der Waals surface area contributed by atoms with Crippen LogP contribution in [0.4, 0.5) is 0 Å². The van der Waals surface area contributed by atoms with Crippen LogP contribution in [-0.4, -0.2) is 25.1 Å². The minimum Gasteiger partial charge on any atom is -0.358 e. The third kappa shape index (κ3) is 1.74. The van der Waals surface area contributed by atoms with Crippen LogP contribution >= 0.6 is 0 Å². The molecule has 0 aromatic heterocycles. The van der Waals surface area contributed by atoms with Gasteiger partial charge in [0.05, 0.1) is 6.61 Å². The lowest BCUT2D eigenvalue weighted by Crippen LogP contribution is -2.18. The van der Waals surface area contributed by atoms with Crippen molar-refractivity contribution < 1.29 is 4.74 Å². The highest BCUT2D eigenvalue weighted by molar-refractivity contribution is 5.23. The van der Waals surface area contributed by atoms with Crippen LogP contribution in [0.3, 0.4) is 0 Å². The van der Waals surface area contributed by atoms with Gasteiger partial charge >= 0.3 is 0 Å². The number of nitrogens with zero attached hydrogens (tertiary/aromatic N) is 1. The molecule has 1 atom stereocenters. The Bertz CT molecular complexity index is 281. The Labute approximate surface area is 79.1 Å². The topological polar surface area (TPSA) is 12.5 Å². The van der Waals surface area contributed by atoms with Gasteiger partial charge in [0, 0.05) is 6.54 Å². The van der Waals surface area contributed by atoms with Gasteiger partial charge < -0.3 is 4.74 Å². The molecule has 0 saturated carbocycles. The Morgan fingerprint density at radius 2 is 2.00 bits per heavy atom. The van der Waals surface area contributed by atoms with Crippen molar-refractivity contribution in [1.82, 2.24) is 4.90 Å². The summed E-state index contributed by atoms with van der Waals surface area (Å²) in [5, 5.41) is 0. The zero-order valence-corrected chi connectivity index (χ0v) is 8.16. The van der Waals surface area contributed by atoms with E-state index in [0.717, 1.165) is 13.2 Å². The summed E-state index contributed by atoms with van der Waals surface area (Å²) in [4.78, 5) is 2.23. The Kier molecular flexibility index (Phi) is 2.34. The lowest BCUT2D eigenvalue weighted by Gasteiger charge is -2.18. The summed E-state index contributed by atoms with van der Waals surface area (Å²) in [6.07, 6.45) is 0.167. The van der Waals surface area contributed by atoms with E-state index in [2.05, 4.69) is 43.1 Å². The summed E-state index contributed by atoms with van der Waals surface area (Å²) in [6.45, 7) is 3.97. The van der Waals surface area contributed by atoms with Crippen molar-refractivity contribution in [3.63, 3.8) is 0 Å². The maximum absolute atomic E-state index is 5.62. The first kappa shape index (κ1) is 8.73. The average Bonchev–Trinajstić information content (AvgIpc) is 2.53. The second kappa shape index (κ2) is 3.48. The van der Waals surface area contributed by atoms with Crippen LogP contribution in [0.1, 0.15) is 17.4 Å². The summed E-state index contributed by atoms with van der Waals surface area (Å²) in [6, 6.07) is 8.54. The average molecular weight is 177 g/mol. The molecule has 0 N–H and O–H groups in total. The normalized spacial score (nSPS) is 23.7. The monoisotopic (exact) mass is 177 g/mol. The molecule has 1 aliphatic rings. The first-order valence-electron chi connectivity index (χ1n) is 4.66. The van der Waals surface area contributed by atoms with Gasteiger partial charge in [-0.2, -0.15) is 0 Å². The predicted molar refractivity (Wildman–Crippen MR) is 52.5 cm³/mol. The fraction of sp³-hybridized carbons (Fsp3) is 0.455. The van der Waals surface area contributed by atoms with E-state index in [4.69, 9.17) is 4.74 Å². The third-order valence-electron chi connectivity index (χ3n) is 2.48. The van der Waals surface area contributed by atoms with Crippen molar-refractivity contribution in [3.05, 3.63) is 35.4 Å². The van der Waals surface area contributed by atoms with E-state index in [9.17, 15) is 0 Å². The number of ether oxygens (including phenoxy) is 1. The van der Waals surface area contributed by atoms with Crippen LogP contribution < -0.4 is 0 Å². The van der Waals surface area contributed by atoms with Crippen LogP contribution in [-0.2, 0) is 4.74 Å². The van der Waals surface area contributed by atoms with Crippen molar-refractivity contribution >= 4 is 0 Å². The van der Waals surface area contributed by atoms with Crippen molar-refractivity contribution in [3.8, 4) is 0 Å². The minimum atomic E-state index is 0.167. The van der Waals surface area contributed by atoms with Gasteiger partial charge in [0.1, 0.15) is 6.23 Å². The van der Waals surface area contributed by atoms with Gasteiger partial charge in [-0.3, -0.25) is 4.90 Å². The van der Waals surface area contributed by atoms with Gasteiger partial charge in [-0.05, 0) is 19.5 Å². The van der Waals surface area contributed by atoms with E-state index in [-0.39, 0.29) is 6.23 Å². The van der Waals surface area contributed by atoms with E-state index in [0.29, 0.717) is 0 Å². The van der Waals surface area contributed by atoms with Crippen molar-refractivity contribution in [2.45, 2.75) is 13.2 Å². The second-order valence-corrected chi connectivity index (χ2v) is 3.61. The summed E-state index contributed by atoms with van der Waals surface area (Å²) in [5.41, 5.74) is 2.55. The van der Waals surface area contributed by atoms with Crippen molar-refractivity contribution in [2.75, 3.05) is 20.2 Å². The number of benzene rings is 1. The molecule has 2 rings (SSSR count). The zero-order chi connectivity index (χ0) is 9.26. The molecule has 1 saturated heterocycles. The minimum absolute atomic E-state index is 0.167. The first-order chi connectivity index (χ1) is 6.27. The first-order valence-corrected chi connectivity index (χ1v) is 4.66. The maximum Gasteiger partial charge on any atom is 0.136 e. The molecule has 1 aromatic carbocycles. The second-order valence-electron chi connectivity index (χ2n) is 3.61. The van der Waals surface area contributed by atoms with Crippen LogP contribution in [0.5, 0.6) is 0 Å². The van der Waals surface area contributed by atoms with Gasteiger partial charge in [-0.1, -0.05) is 29.8 Å². The standard InChI is InChI=1S/C11H15NO/c1-9-3-5-10(6-4-9)11-12(2)7-8-13-11/h3-6,11H,7-8H2,1-2H3. The summed E-state index contributed by atoms with van der Waals surface area (Å²) in [5.74, 6) is 0. The molecule has 1 fully saturated rings. The molecule has 2 heteroatoms. The van der Waals surface area contributed by atoms with E-state index in [1.165, 1.54) is 11.1 Å². The molecular formula is C11H15NO. The van der Waals surface area contributed by atoms with Gasteiger partial charge in [0.25, 0.3) is 0 Å². The number of hydrogen-bond acceptors (Lipinski definition) is 2. The summed E-state index contributed by atoms with van der Waals surface area (Å²) in [7, 11) is 2.09. The van der Waals surface area contributed by atoms with E-state index in [1.54, 1.807) is 0 Å². The number of aryl methyl sites for hydroxylation is 1. The van der Waals surface area contributed by atoms with Gasteiger partial charge in [0.2, 0.25) is 0 Å². The Hall–Kier alpha value is -0.860. The molecule has 0 bridgehead atoms. The SMILES string of the molecule is Cc1ccc(C2OCCN2C)cc1. The molecule has 13 heavy (non-hydrogen) atoms. The molecule has 0 spiro atoms. The Morgan fingerprint density at radius 3 is 2.54 bits per heavy atom. The molecule has 1 unspecified atom stereocenters. The molecule has 1 aliphatic heterocycles. The highest BCUT2D eigenvalue weighted by Crippen LogP contribution is 2.24. The zero-order valence-electron chi connectivity index (χ0n) is 8.16. The Morgan fingerprint density at radius 1 is 1.31 bits per heavy atom. The molecule has 0 amide bonds. The molecule has 70 valence electrons. The smallest absolute Gasteiger partial charge is 0.136 e. The van der Waals surface area contributed by atoms with E-state index < -0.39 is 0 Å². The van der Waals surface area contributed by atoms with Crippen molar-refractivity contribution in [2.24, 2.45) is 0 Å². The summed E-state index contributed by atoms with van der Waals surface area (Å²) < 4.78 is 5.62. The van der Waals surface area contributed by atoms with Gasteiger partial charge in [-0.25, -0.2) is 0 Å². The van der Waals surface area contributed by atoms with Crippen LogP contribution in [0, 0.1) is 6.92 Å². The molecule has 1 aromatic rings. The molecule has 0 aliphatic carbocycles. The fourth-order valence-electron chi connectivity index (χ4n) is 1.63. The number of likely N-dealkylation sites (N-methyl/N-ethyl adjacent to an activating group) is 1. The van der Waals surface area contributed by atoms with E-state index >= 15 is 0 Å². The number of hydrogen-bond donors (Lipinski definition) is 0.